The van der Waals surface area contributed by atoms with Crippen LogP contribution in [-0.4, -0.2) is 34.2 Å². The van der Waals surface area contributed by atoms with E-state index in [0.29, 0.717) is 5.56 Å². The molecule has 0 radical (unpaired) electrons. The average molecular weight is 402 g/mol. The van der Waals surface area contributed by atoms with Gasteiger partial charge in [0.2, 0.25) is 0 Å². The number of carbonyl (C=O) groups excluding carboxylic acids is 2. The molecular weight excluding hydrogens is 366 g/mol. The summed E-state index contributed by atoms with van der Waals surface area (Å²) >= 11 is 0. The molecule has 0 N–H and O–H groups in total. The van der Waals surface area contributed by atoms with Gasteiger partial charge in [0.15, 0.2) is 5.78 Å². The van der Waals surface area contributed by atoms with Crippen molar-refractivity contribution >= 4 is 25.8 Å². The van der Waals surface area contributed by atoms with Crippen molar-refractivity contribution in [2.24, 2.45) is 5.92 Å². The van der Waals surface area contributed by atoms with E-state index in [1.807, 2.05) is 76.3 Å². The van der Waals surface area contributed by atoms with E-state index in [1.54, 1.807) is 6.08 Å². The van der Waals surface area contributed by atoms with Gasteiger partial charge in [0.25, 0.3) is 8.32 Å². The molecule has 0 aliphatic rings. The molecule has 0 bridgehead atoms. The second kappa shape index (κ2) is 9.37. The van der Waals surface area contributed by atoms with E-state index >= 15 is 0 Å². The molecular formula is C23H35NO3Si. The molecule has 0 aromatic heterocycles. The molecule has 0 saturated heterocycles. The van der Waals surface area contributed by atoms with Gasteiger partial charge < -0.3 is 9.33 Å². The van der Waals surface area contributed by atoms with Gasteiger partial charge in [0, 0.05) is 37.3 Å². The quantitative estimate of drug-likeness (QED) is 0.257. The van der Waals surface area contributed by atoms with E-state index in [1.165, 1.54) is 6.08 Å². The lowest BCUT2D eigenvalue weighted by Gasteiger charge is -2.34. The molecule has 0 amide bonds. The highest BCUT2D eigenvalue weighted by atomic mass is 28.4. The second-order valence-electron chi connectivity index (χ2n) is 9.02. The zero-order valence-corrected chi connectivity index (χ0v) is 19.8. The summed E-state index contributed by atoms with van der Waals surface area (Å²) in [6.45, 7) is 14.1. The second-order valence-corrected chi connectivity index (χ2v) is 13.7. The molecule has 0 unspecified atom stereocenters. The van der Waals surface area contributed by atoms with Crippen LogP contribution < -0.4 is 4.90 Å². The van der Waals surface area contributed by atoms with Crippen LogP contribution in [0.5, 0.6) is 0 Å². The first-order valence-corrected chi connectivity index (χ1v) is 12.6. The van der Waals surface area contributed by atoms with Gasteiger partial charge in [-0.3, -0.25) is 4.79 Å². The number of rotatable bonds is 7. The minimum absolute atomic E-state index is 0.0234. The van der Waals surface area contributed by atoms with Crippen molar-refractivity contribution in [1.82, 2.24) is 0 Å². The number of hydrogen-bond acceptors (Lipinski definition) is 4. The number of benzene rings is 1. The van der Waals surface area contributed by atoms with Crippen LogP contribution in [0.2, 0.25) is 18.1 Å². The van der Waals surface area contributed by atoms with Crippen molar-refractivity contribution in [3.63, 3.8) is 0 Å². The monoisotopic (exact) mass is 401 g/mol. The molecule has 1 atom stereocenters. The summed E-state index contributed by atoms with van der Waals surface area (Å²) in [6.07, 6.45) is 5.04. The largest absolute Gasteiger partial charge is 0.516 e. The number of ketones is 1. The van der Waals surface area contributed by atoms with Gasteiger partial charge in [-0.05, 0) is 49.3 Å². The van der Waals surface area contributed by atoms with Crippen LogP contribution >= 0.6 is 0 Å². The van der Waals surface area contributed by atoms with E-state index < -0.39 is 8.32 Å². The molecule has 0 fully saturated rings. The Labute approximate surface area is 171 Å². The van der Waals surface area contributed by atoms with E-state index in [0.717, 1.165) is 11.3 Å². The molecule has 28 heavy (non-hydrogen) atoms. The Morgan fingerprint density at radius 3 is 2.07 bits per heavy atom. The van der Waals surface area contributed by atoms with Gasteiger partial charge in [-0.15, -0.1) is 0 Å². The summed E-state index contributed by atoms with van der Waals surface area (Å²) in [6, 6.07) is 7.58. The Bertz CT molecular complexity index is 753. The van der Waals surface area contributed by atoms with Crippen molar-refractivity contribution < 1.29 is 14.0 Å². The molecule has 4 nitrogen and oxygen atoms in total. The summed E-state index contributed by atoms with van der Waals surface area (Å²) < 4.78 is 5.72. The third kappa shape index (κ3) is 6.79. The molecule has 1 rings (SSSR count). The Morgan fingerprint density at radius 1 is 1.07 bits per heavy atom. The number of carbonyl (C=O) groups is 2. The Kier molecular flexibility index (Phi) is 8.00. The first-order chi connectivity index (χ1) is 12.7. The predicted molar refractivity (Wildman–Crippen MR) is 120 cm³/mol. The normalized spacial score (nSPS) is 14.1. The zero-order valence-electron chi connectivity index (χ0n) is 18.8. The SMILES string of the molecule is CC(C=CC(=O)O[Si](C)(C)C(C)(C)C)=C[C@@H](C)C(=O)c1ccc(N(C)C)cc1. The highest BCUT2D eigenvalue weighted by Gasteiger charge is 2.39. The number of hydrogen-bond donors (Lipinski definition) is 0. The molecule has 0 heterocycles. The van der Waals surface area contributed by atoms with Crippen molar-refractivity contribution in [2.75, 3.05) is 19.0 Å². The van der Waals surface area contributed by atoms with Crippen LogP contribution in [0.15, 0.2) is 48.1 Å². The maximum atomic E-state index is 12.6. The lowest BCUT2D eigenvalue weighted by atomic mass is 9.97. The number of allylic oxidation sites excluding steroid dienone is 3. The van der Waals surface area contributed by atoms with Crippen LogP contribution in [0.3, 0.4) is 0 Å². The summed E-state index contributed by atoms with van der Waals surface area (Å²) in [5, 5.41) is -0.0234. The molecule has 1 aromatic rings. The summed E-state index contributed by atoms with van der Waals surface area (Å²) in [5.74, 6) is -0.536. The fourth-order valence-corrected chi connectivity index (χ4v) is 3.23. The maximum absolute atomic E-state index is 12.6. The van der Waals surface area contributed by atoms with Crippen LogP contribution in [0, 0.1) is 5.92 Å². The molecule has 0 spiro atoms. The molecule has 0 aliphatic heterocycles. The lowest BCUT2D eigenvalue weighted by molar-refractivity contribution is -0.130. The standard InChI is InChI=1S/C23H35NO3Si/c1-17(10-15-21(25)27-28(8,9)23(3,4)5)16-18(2)22(26)19-11-13-20(14-12-19)24(6)7/h10-16,18H,1-9H3/t18-/m1/s1. The molecule has 0 saturated carbocycles. The van der Waals surface area contributed by atoms with Crippen LogP contribution in [0.1, 0.15) is 45.0 Å². The number of Topliss-reactive ketones (excluding diaryl/α,β-unsaturated/α-hetero) is 1. The number of anilines is 1. The third-order valence-corrected chi connectivity index (χ3v) is 9.56. The van der Waals surface area contributed by atoms with Crippen molar-refractivity contribution in [3.8, 4) is 0 Å². The zero-order chi connectivity index (χ0) is 21.7. The first kappa shape index (κ1) is 23.9. The highest BCUT2D eigenvalue weighted by molar-refractivity contribution is 6.75. The fraction of sp³-hybridized carbons (Fsp3) is 0.478. The van der Waals surface area contributed by atoms with Gasteiger partial charge in [0.1, 0.15) is 0 Å². The maximum Gasteiger partial charge on any atom is 0.317 e. The lowest BCUT2D eigenvalue weighted by Crippen LogP contribution is -2.42. The minimum atomic E-state index is -2.12. The number of nitrogens with zero attached hydrogens (tertiary/aromatic N) is 1. The van der Waals surface area contributed by atoms with Crippen molar-refractivity contribution in [3.05, 3.63) is 53.6 Å². The molecule has 5 heteroatoms. The Balaban J connectivity index is 2.77. The average Bonchev–Trinajstić information content (AvgIpc) is 2.58. The van der Waals surface area contributed by atoms with E-state index in [-0.39, 0.29) is 22.7 Å². The highest BCUT2D eigenvalue weighted by Crippen LogP contribution is 2.36. The van der Waals surface area contributed by atoms with E-state index in [2.05, 4.69) is 20.8 Å². The topological polar surface area (TPSA) is 46.6 Å². The van der Waals surface area contributed by atoms with Gasteiger partial charge in [0.05, 0.1) is 0 Å². The Hall–Kier alpha value is -2.14. The summed E-state index contributed by atoms with van der Waals surface area (Å²) in [5.41, 5.74) is 2.60. The minimum Gasteiger partial charge on any atom is -0.516 e. The van der Waals surface area contributed by atoms with E-state index in [9.17, 15) is 9.59 Å². The van der Waals surface area contributed by atoms with Gasteiger partial charge in [-0.1, -0.05) is 45.4 Å². The van der Waals surface area contributed by atoms with Crippen LogP contribution in [0.4, 0.5) is 5.69 Å². The van der Waals surface area contributed by atoms with Crippen LogP contribution in [-0.2, 0) is 9.22 Å². The predicted octanol–water partition coefficient (Wildman–Crippen LogP) is 5.62. The van der Waals surface area contributed by atoms with E-state index in [4.69, 9.17) is 4.43 Å². The fourth-order valence-electron chi connectivity index (χ4n) is 2.35. The Morgan fingerprint density at radius 2 is 1.61 bits per heavy atom. The van der Waals surface area contributed by atoms with Crippen LogP contribution in [0.25, 0.3) is 0 Å². The first-order valence-electron chi connectivity index (χ1n) is 9.65. The summed E-state index contributed by atoms with van der Waals surface area (Å²) in [7, 11) is 1.81. The molecule has 1 aromatic carbocycles. The van der Waals surface area contributed by atoms with Crippen molar-refractivity contribution in [2.45, 2.75) is 52.8 Å². The van der Waals surface area contributed by atoms with Crippen molar-refractivity contribution in [1.29, 1.82) is 0 Å². The van der Waals surface area contributed by atoms with Gasteiger partial charge in [-0.25, -0.2) is 4.79 Å². The third-order valence-electron chi connectivity index (χ3n) is 5.24. The summed E-state index contributed by atoms with van der Waals surface area (Å²) in [4.78, 5) is 26.8. The van der Waals surface area contributed by atoms with Gasteiger partial charge in [-0.2, -0.15) is 0 Å². The molecule has 154 valence electrons. The van der Waals surface area contributed by atoms with Gasteiger partial charge >= 0.3 is 5.97 Å². The molecule has 0 aliphatic carbocycles. The smallest absolute Gasteiger partial charge is 0.317 e.